The van der Waals surface area contributed by atoms with E-state index in [1.165, 1.54) is 12.8 Å². The Hall–Kier alpha value is -1.03. The average Bonchev–Trinajstić information content (AvgIpc) is 2.69. The van der Waals surface area contributed by atoms with E-state index >= 15 is 0 Å². The van der Waals surface area contributed by atoms with Crippen molar-refractivity contribution in [1.82, 2.24) is 9.55 Å². The molecule has 0 saturated carbocycles. The lowest BCUT2D eigenvalue weighted by molar-refractivity contribution is 0.0594. The number of hydrogen-bond acceptors (Lipinski definition) is 3. The minimum absolute atomic E-state index is 0.446. The van der Waals surface area contributed by atoms with Crippen LogP contribution in [0, 0.1) is 12.8 Å². The Morgan fingerprint density at radius 3 is 3.06 bits per heavy atom. The van der Waals surface area contributed by atoms with Crippen molar-refractivity contribution in [3.63, 3.8) is 0 Å². The molecule has 96 valence electrons. The van der Waals surface area contributed by atoms with Crippen molar-refractivity contribution in [3.05, 3.63) is 11.9 Å². The zero-order chi connectivity index (χ0) is 12.3. The van der Waals surface area contributed by atoms with Crippen LogP contribution in [0.5, 0.6) is 0 Å². The lowest BCUT2D eigenvalue weighted by Crippen LogP contribution is -2.25. The van der Waals surface area contributed by atoms with Gasteiger partial charge in [0.25, 0.3) is 0 Å². The highest BCUT2D eigenvalue weighted by molar-refractivity contribution is 5.29. The molecule has 1 fully saturated rings. The summed E-state index contributed by atoms with van der Waals surface area (Å²) in [6, 6.07) is 0.446. The van der Waals surface area contributed by atoms with Crippen LogP contribution in [0.3, 0.4) is 0 Å². The van der Waals surface area contributed by atoms with Crippen LogP contribution in [0.4, 0.5) is 5.95 Å². The number of rotatable bonds is 4. The molecule has 1 atom stereocenters. The molecule has 0 radical (unpaired) electrons. The molecule has 1 aromatic heterocycles. The second-order valence-corrected chi connectivity index (χ2v) is 5.17. The Morgan fingerprint density at radius 1 is 1.59 bits per heavy atom. The zero-order valence-electron chi connectivity index (χ0n) is 11.1. The molecule has 2 rings (SSSR count). The van der Waals surface area contributed by atoms with Gasteiger partial charge < -0.3 is 14.6 Å². The summed E-state index contributed by atoms with van der Waals surface area (Å²) in [6.45, 7) is 9.16. The van der Waals surface area contributed by atoms with E-state index in [0.29, 0.717) is 12.0 Å². The number of imidazole rings is 1. The lowest BCUT2D eigenvalue weighted by Gasteiger charge is -2.23. The van der Waals surface area contributed by atoms with Gasteiger partial charge in [-0.2, -0.15) is 0 Å². The number of ether oxygens (including phenoxy) is 1. The summed E-state index contributed by atoms with van der Waals surface area (Å²) in [7, 11) is 0. The van der Waals surface area contributed by atoms with Gasteiger partial charge in [-0.05, 0) is 39.5 Å². The molecule has 0 aromatic carbocycles. The van der Waals surface area contributed by atoms with E-state index in [0.717, 1.165) is 31.4 Å². The minimum atomic E-state index is 0.446. The molecule has 1 saturated heterocycles. The Balaban J connectivity index is 1.93. The number of aryl methyl sites for hydroxylation is 1. The van der Waals surface area contributed by atoms with Gasteiger partial charge in [-0.1, -0.05) is 0 Å². The highest BCUT2D eigenvalue weighted by Crippen LogP contribution is 2.18. The van der Waals surface area contributed by atoms with Crippen LogP contribution in [0.25, 0.3) is 0 Å². The third-order valence-corrected chi connectivity index (χ3v) is 3.21. The largest absolute Gasteiger partial charge is 0.381 e. The molecule has 4 nitrogen and oxygen atoms in total. The van der Waals surface area contributed by atoms with Crippen LogP contribution < -0.4 is 5.32 Å². The molecule has 1 aliphatic rings. The van der Waals surface area contributed by atoms with Crippen molar-refractivity contribution in [3.8, 4) is 0 Å². The highest BCUT2D eigenvalue weighted by atomic mass is 16.5. The molecular formula is C13H23N3O. The summed E-state index contributed by atoms with van der Waals surface area (Å²) >= 11 is 0. The molecule has 17 heavy (non-hydrogen) atoms. The first kappa shape index (κ1) is 12.4. The van der Waals surface area contributed by atoms with Gasteiger partial charge in [0, 0.05) is 25.4 Å². The van der Waals surface area contributed by atoms with Gasteiger partial charge in [0.2, 0.25) is 5.95 Å². The summed E-state index contributed by atoms with van der Waals surface area (Å²) in [5, 5.41) is 3.46. The van der Waals surface area contributed by atoms with Crippen molar-refractivity contribution < 1.29 is 4.74 Å². The lowest BCUT2D eigenvalue weighted by atomic mass is 10.0. The molecule has 1 unspecified atom stereocenters. The highest BCUT2D eigenvalue weighted by Gasteiger charge is 2.15. The van der Waals surface area contributed by atoms with Crippen LogP contribution in [0.2, 0.25) is 0 Å². The number of hydrogen-bond donors (Lipinski definition) is 1. The fourth-order valence-electron chi connectivity index (χ4n) is 2.24. The van der Waals surface area contributed by atoms with E-state index < -0.39 is 0 Å². The first-order valence-electron chi connectivity index (χ1n) is 6.54. The van der Waals surface area contributed by atoms with Crippen LogP contribution in [-0.2, 0) is 4.74 Å². The van der Waals surface area contributed by atoms with E-state index in [4.69, 9.17) is 4.74 Å². The molecule has 0 spiro atoms. The number of aromatic nitrogens is 2. The third-order valence-electron chi connectivity index (χ3n) is 3.21. The van der Waals surface area contributed by atoms with Gasteiger partial charge in [0.1, 0.15) is 0 Å². The van der Waals surface area contributed by atoms with Crippen LogP contribution in [0.1, 0.15) is 38.4 Å². The molecule has 1 aromatic rings. The van der Waals surface area contributed by atoms with Crippen LogP contribution in [-0.4, -0.2) is 29.3 Å². The van der Waals surface area contributed by atoms with E-state index in [-0.39, 0.29) is 0 Å². The van der Waals surface area contributed by atoms with Gasteiger partial charge in [-0.25, -0.2) is 4.98 Å². The number of nitrogens with zero attached hydrogens (tertiary/aromatic N) is 2. The standard InChI is InChI=1S/C13H23N3O/c1-10(2)16-8-11(3)15-13(16)14-7-12-5-4-6-17-9-12/h8,10,12H,4-7,9H2,1-3H3,(H,14,15). The molecule has 1 N–H and O–H groups in total. The van der Waals surface area contributed by atoms with E-state index in [9.17, 15) is 0 Å². The maximum Gasteiger partial charge on any atom is 0.203 e. The van der Waals surface area contributed by atoms with Crippen molar-refractivity contribution in [2.24, 2.45) is 5.92 Å². The van der Waals surface area contributed by atoms with Gasteiger partial charge >= 0.3 is 0 Å². The smallest absolute Gasteiger partial charge is 0.203 e. The van der Waals surface area contributed by atoms with Crippen LogP contribution >= 0.6 is 0 Å². The van der Waals surface area contributed by atoms with Gasteiger partial charge in [-0.3, -0.25) is 0 Å². The zero-order valence-corrected chi connectivity index (χ0v) is 11.1. The SMILES string of the molecule is Cc1cn(C(C)C)c(NCC2CCCOC2)n1. The van der Waals surface area contributed by atoms with E-state index in [2.05, 4.69) is 34.9 Å². The quantitative estimate of drug-likeness (QED) is 0.875. The van der Waals surface area contributed by atoms with Gasteiger partial charge in [-0.15, -0.1) is 0 Å². The van der Waals surface area contributed by atoms with Crippen molar-refractivity contribution in [2.75, 3.05) is 25.1 Å². The molecule has 1 aliphatic heterocycles. The maximum absolute atomic E-state index is 5.49. The third kappa shape index (κ3) is 3.22. The van der Waals surface area contributed by atoms with E-state index in [1.807, 2.05) is 6.92 Å². The monoisotopic (exact) mass is 237 g/mol. The second kappa shape index (κ2) is 5.54. The average molecular weight is 237 g/mol. The van der Waals surface area contributed by atoms with Gasteiger partial charge in [0.05, 0.1) is 12.3 Å². The van der Waals surface area contributed by atoms with Gasteiger partial charge in [0.15, 0.2) is 0 Å². The number of anilines is 1. The minimum Gasteiger partial charge on any atom is -0.381 e. The first-order valence-corrected chi connectivity index (χ1v) is 6.54. The molecule has 4 heteroatoms. The normalized spacial score (nSPS) is 20.8. The number of nitrogens with one attached hydrogen (secondary N) is 1. The Kier molecular flexibility index (Phi) is 4.05. The van der Waals surface area contributed by atoms with E-state index in [1.54, 1.807) is 0 Å². The van der Waals surface area contributed by atoms with Crippen molar-refractivity contribution in [2.45, 2.75) is 39.7 Å². The predicted octanol–water partition coefficient (Wildman–Crippen LogP) is 2.61. The molecule has 0 aliphatic carbocycles. The molecule has 0 bridgehead atoms. The van der Waals surface area contributed by atoms with Crippen LogP contribution in [0.15, 0.2) is 6.20 Å². The molecular weight excluding hydrogens is 214 g/mol. The topological polar surface area (TPSA) is 39.1 Å². The summed E-state index contributed by atoms with van der Waals surface area (Å²) < 4.78 is 7.68. The Morgan fingerprint density at radius 2 is 2.41 bits per heavy atom. The summed E-state index contributed by atoms with van der Waals surface area (Å²) in [5.74, 6) is 1.62. The fourth-order valence-corrected chi connectivity index (χ4v) is 2.24. The molecule has 2 heterocycles. The summed E-state index contributed by atoms with van der Waals surface area (Å²) in [6.07, 6.45) is 4.54. The summed E-state index contributed by atoms with van der Waals surface area (Å²) in [5.41, 5.74) is 1.07. The summed E-state index contributed by atoms with van der Waals surface area (Å²) in [4.78, 5) is 4.53. The Labute approximate surface area is 103 Å². The fraction of sp³-hybridized carbons (Fsp3) is 0.769. The second-order valence-electron chi connectivity index (χ2n) is 5.17. The Bertz CT molecular complexity index is 354. The van der Waals surface area contributed by atoms with Crippen molar-refractivity contribution >= 4 is 5.95 Å². The van der Waals surface area contributed by atoms with Crippen molar-refractivity contribution in [1.29, 1.82) is 0 Å². The predicted molar refractivity (Wildman–Crippen MR) is 69.4 cm³/mol. The maximum atomic E-state index is 5.49. The molecule has 0 amide bonds. The first-order chi connectivity index (χ1) is 8.16.